The van der Waals surface area contributed by atoms with Crippen LogP contribution in [-0.2, 0) is 16.9 Å². The molecule has 1 aromatic heterocycles. The zero-order valence-electron chi connectivity index (χ0n) is 18.8. The Bertz CT molecular complexity index is 1050. The lowest BCUT2D eigenvalue weighted by molar-refractivity contribution is -0.136. The number of benzene rings is 1. The molecule has 2 aromatic rings. The highest BCUT2D eigenvalue weighted by atomic mass is 35.5. The fraction of sp³-hybridized carbons (Fsp3) is 0.522. The highest BCUT2D eigenvalue weighted by molar-refractivity contribution is 6.30. The Labute approximate surface area is 196 Å². The second-order valence-electron chi connectivity index (χ2n) is 8.74. The zero-order chi connectivity index (χ0) is 24.0. The summed E-state index contributed by atoms with van der Waals surface area (Å²) in [4.78, 5) is 24.8. The van der Waals surface area contributed by atoms with Gasteiger partial charge in [-0.05, 0) is 44.0 Å². The topological polar surface area (TPSA) is 78.8 Å². The number of hydrogen-bond acceptors (Lipinski definition) is 6. The van der Waals surface area contributed by atoms with Crippen molar-refractivity contribution in [2.24, 2.45) is 0 Å². The van der Waals surface area contributed by atoms with Crippen LogP contribution < -0.4 is 0 Å². The Balaban J connectivity index is 1.72. The van der Waals surface area contributed by atoms with Gasteiger partial charge in [0.25, 0.3) is 5.91 Å². The Morgan fingerprint density at radius 1 is 1.30 bits per heavy atom. The van der Waals surface area contributed by atoms with Gasteiger partial charge in [0.15, 0.2) is 6.23 Å². The predicted molar refractivity (Wildman–Crippen MR) is 118 cm³/mol. The van der Waals surface area contributed by atoms with Gasteiger partial charge in [0.1, 0.15) is 22.9 Å². The molecule has 1 N–H and O–H groups in total. The van der Waals surface area contributed by atoms with E-state index in [0.29, 0.717) is 23.9 Å². The molecule has 0 radical (unpaired) electrons. The van der Waals surface area contributed by atoms with E-state index in [9.17, 15) is 9.90 Å². The lowest BCUT2D eigenvalue weighted by atomic mass is 9.71. The first-order chi connectivity index (χ1) is 15.6. The number of aliphatic hydroxyl groups is 1. The Kier molecular flexibility index (Phi) is 6.43. The molecule has 0 aliphatic carbocycles. The number of carbonyl (C=O) groups excluding carboxylic acids is 1. The quantitative estimate of drug-likeness (QED) is 0.680. The number of carbonyl (C=O) groups is 1. The first-order valence-corrected chi connectivity index (χ1v) is 11.2. The van der Waals surface area contributed by atoms with Crippen LogP contribution in [0.25, 0.3) is 0 Å². The number of methoxy groups -OCH3 is 1. The van der Waals surface area contributed by atoms with Gasteiger partial charge in [-0.3, -0.25) is 4.79 Å². The van der Waals surface area contributed by atoms with Crippen molar-refractivity contribution >= 4 is 17.5 Å². The van der Waals surface area contributed by atoms with E-state index in [4.69, 9.17) is 16.3 Å². The molecule has 10 heteroatoms. The molecule has 33 heavy (non-hydrogen) atoms. The lowest BCUT2D eigenvalue weighted by Crippen LogP contribution is -2.54. The second kappa shape index (κ2) is 8.87. The van der Waals surface area contributed by atoms with E-state index >= 15 is 8.78 Å². The number of fused-ring (bicyclic) bond motifs is 1. The summed E-state index contributed by atoms with van der Waals surface area (Å²) in [6, 6.07) is 2.53. The van der Waals surface area contributed by atoms with Gasteiger partial charge in [-0.2, -0.15) is 0 Å². The number of ether oxygens (including phenoxy) is 1. The molecular formula is C23H27ClF2N4O3. The minimum Gasteiger partial charge on any atom is -0.382 e. The normalized spacial score (nSPS) is 22.3. The fourth-order valence-electron chi connectivity index (χ4n) is 4.84. The number of rotatable bonds is 6. The van der Waals surface area contributed by atoms with E-state index in [2.05, 4.69) is 9.97 Å². The molecule has 2 atom stereocenters. The van der Waals surface area contributed by atoms with Crippen molar-refractivity contribution < 1.29 is 23.4 Å². The van der Waals surface area contributed by atoms with Crippen LogP contribution in [-0.4, -0.2) is 63.7 Å². The van der Waals surface area contributed by atoms with Crippen molar-refractivity contribution in [3.63, 3.8) is 0 Å². The van der Waals surface area contributed by atoms with E-state index < -0.39 is 29.2 Å². The Morgan fingerprint density at radius 2 is 1.94 bits per heavy atom. The van der Waals surface area contributed by atoms with Crippen LogP contribution in [0.1, 0.15) is 59.7 Å². The Morgan fingerprint density at radius 3 is 2.52 bits per heavy atom. The smallest absolute Gasteiger partial charge is 0.257 e. The summed E-state index contributed by atoms with van der Waals surface area (Å²) in [5, 5.41) is 11.9. The highest BCUT2D eigenvalue weighted by Gasteiger charge is 2.53. The van der Waals surface area contributed by atoms with E-state index in [1.807, 2.05) is 11.9 Å². The minimum absolute atomic E-state index is 0.0324. The number of alkyl halides is 1. The first-order valence-electron chi connectivity index (χ1n) is 10.9. The monoisotopic (exact) mass is 480 g/mol. The maximum absolute atomic E-state index is 16.1. The van der Waals surface area contributed by atoms with Crippen LogP contribution in [0, 0.1) is 5.82 Å². The highest BCUT2D eigenvalue weighted by Crippen LogP contribution is 2.47. The molecule has 1 unspecified atom stereocenters. The maximum atomic E-state index is 16.1. The van der Waals surface area contributed by atoms with Crippen LogP contribution in [0.4, 0.5) is 8.78 Å². The third kappa shape index (κ3) is 4.01. The van der Waals surface area contributed by atoms with Gasteiger partial charge in [0.2, 0.25) is 0 Å². The molecule has 2 aliphatic rings. The molecule has 2 aliphatic heterocycles. The van der Waals surface area contributed by atoms with Crippen molar-refractivity contribution in [3.8, 4) is 0 Å². The molecule has 0 spiro atoms. The second-order valence-corrected chi connectivity index (χ2v) is 9.18. The number of nitrogens with zero attached hydrogens (tertiary/aromatic N) is 4. The summed E-state index contributed by atoms with van der Waals surface area (Å²) in [7, 11) is 3.26. The number of aromatic nitrogens is 2. The van der Waals surface area contributed by atoms with Gasteiger partial charge in [-0.1, -0.05) is 18.5 Å². The number of piperidine rings is 1. The maximum Gasteiger partial charge on any atom is 0.257 e. The van der Waals surface area contributed by atoms with E-state index in [-0.39, 0.29) is 42.5 Å². The summed E-state index contributed by atoms with van der Waals surface area (Å²) in [5.41, 5.74) is -3.72. The summed E-state index contributed by atoms with van der Waals surface area (Å²) in [6.07, 6.45) is 2.07. The first kappa shape index (κ1) is 23.9. The number of hydrogen-bond donors (Lipinski definition) is 1. The molecule has 0 bridgehead atoms. The van der Waals surface area contributed by atoms with Crippen molar-refractivity contribution in [1.29, 1.82) is 0 Å². The van der Waals surface area contributed by atoms with Crippen LogP contribution in [0.3, 0.4) is 0 Å². The van der Waals surface area contributed by atoms with Gasteiger partial charge in [0.05, 0.1) is 17.1 Å². The molecule has 1 saturated heterocycles. The van der Waals surface area contributed by atoms with E-state index in [1.54, 1.807) is 6.92 Å². The molecule has 1 aromatic carbocycles. The third-order valence-electron chi connectivity index (χ3n) is 6.87. The van der Waals surface area contributed by atoms with Crippen molar-refractivity contribution in [1.82, 2.24) is 19.8 Å². The van der Waals surface area contributed by atoms with Crippen molar-refractivity contribution in [2.75, 3.05) is 27.2 Å². The molecule has 7 nitrogen and oxygen atoms in total. The minimum atomic E-state index is -1.94. The largest absolute Gasteiger partial charge is 0.382 e. The van der Waals surface area contributed by atoms with E-state index in [1.165, 1.54) is 30.5 Å². The molecular weight excluding hydrogens is 454 g/mol. The molecule has 1 fully saturated rings. The number of amides is 1. The average Bonchev–Trinajstić information content (AvgIpc) is 3.08. The zero-order valence-corrected chi connectivity index (χ0v) is 19.6. The van der Waals surface area contributed by atoms with Crippen molar-refractivity contribution in [2.45, 2.75) is 50.2 Å². The Hall–Kier alpha value is -2.20. The van der Waals surface area contributed by atoms with Crippen LogP contribution in [0.2, 0.25) is 5.02 Å². The molecule has 0 saturated carbocycles. The third-order valence-corrected chi connectivity index (χ3v) is 7.06. The van der Waals surface area contributed by atoms with Crippen LogP contribution in [0.5, 0.6) is 0 Å². The van der Waals surface area contributed by atoms with Crippen molar-refractivity contribution in [3.05, 3.63) is 57.9 Å². The summed E-state index contributed by atoms with van der Waals surface area (Å²) in [6.45, 7) is 2.59. The lowest BCUT2D eigenvalue weighted by Gasteiger charge is -2.45. The number of likely N-dealkylation sites (tertiary alicyclic amines) is 1. The fourth-order valence-corrected chi connectivity index (χ4v) is 4.94. The summed E-state index contributed by atoms with van der Waals surface area (Å²) in [5.74, 6) is -0.932. The summed E-state index contributed by atoms with van der Waals surface area (Å²) >= 11 is 5.83. The van der Waals surface area contributed by atoms with Crippen LogP contribution in [0.15, 0.2) is 24.5 Å². The average molecular weight is 481 g/mol. The molecule has 178 valence electrons. The molecule has 3 heterocycles. The number of halogens is 3. The standard InChI is InChI=1S/C23H27ClF2N4O3/c1-4-23(32,22(26)5-7-29(2)8-6-22)14-9-16-19(17(25)10-14)21(33-3)30(20(16)31)13-18-27-11-15(24)12-28-18/h9-12,21,32H,4-8,13H2,1-3H3/t21-,23?/m1/s1. The van der Waals surface area contributed by atoms with Gasteiger partial charge >= 0.3 is 0 Å². The SMILES string of the molecule is CCC(O)(c1cc(F)c2c(c1)C(=O)N(Cc1ncc(Cl)cn1)[C@@H]2OC)C1(F)CCN(C)CC1. The van der Waals surface area contributed by atoms with Crippen LogP contribution >= 0.6 is 11.6 Å². The van der Waals surface area contributed by atoms with E-state index in [0.717, 1.165) is 6.07 Å². The summed E-state index contributed by atoms with van der Waals surface area (Å²) < 4.78 is 36.9. The molecule has 1 amide bonds. The van der Waals surface area contributed by atoms with Gasteiger partial charge < -0.3 is 19.6 Å². The van der Waals surface area contributed by atoms with Gasteiger partial charge in [-0.15, -0.1) is 0 Å². The van der Waals surface area contributed by atoms with Gasteiger partial charge in [-0.25, -0.2) is 18.7 Å². The predicted octanol–water partition coefficient (Wildman–Crippen LogP) is 3.60. The molecule has 4 rings (SSSR count). The van der Waals surface area contributed by atoms with Gasteiger partial charge in [0, 0.05) is 38.2 Å².